The van der Waals surface area contributed by atoms with Crippen LogP contribution in [-0.2, 0) is 16.0 Å². The van der Waals surface area contributed by atoms with Crippen molar-refractivity contribution in [3.05, 3.63) is 59.3 Å². The van der Waals surface area contributed by atoms with E-state index < -0.39 is 25.5 Å². The van der Waals surface area contributed by atoms with Crippen LogP contribution in [0.5, 0.6) is 5.75 Å². The first-order valence-electron chi connectivity index (χ1n) is 13.6. The molecule has 0 saturated carbocycles. The van der Waals surface area contributed by atoms with Gasteiger partial charge in [0, 0.05) is 30.3 Å². The number of aromatic nitrogens is 2. The van der Waals surface area contributed by atoms with Crippen molar-refractivity contribution >= 4 is 25.6 Å². The Morgan fingerprint density at radius 3 is 2.55 bits per heavy atom. The fraction of sp³-hybridized carbons (Fsp3) is 0.433. The smallest absolute Gasteiger partial charge is 0.416 e. The molecule has 1 atom stereocenters. The van der Waals surface area contributed by atoms with Crippen LogP contribution >= 0.6 is 0 Å². The summed E-state index contributed by atoms with van der Waals surface area (Å²) in [6, 6.07) is 10.7. The van der Waals surface area contributed by atoms with Crippen LogP contribution in [-0.4, -0.2) is 49.8 Å². The highest BCUT2D eigenvalue weighted by molar-refractivity contribution is 6.74. The zero-order valence-corrected chi connectivity index (χ0v) is 25.6. The van der Waals surface area contributed by atoms with Crippen LogP contribution in [0.3, 0.4) is 0 Å². The van der Waals surface area contributed by atoms with Crippen molar-refractivity contribution < 1.29 is 27.4 Å². The second-order valence-electron chi connectivity index (χ2n) is 12.2. The van der Waals surface area contributed by atoms with E-state index in [1.807, 2.05) is 6.07 Å². The number of nitrogens with one attached hydrogen (secondary N) is 2. The largest absolute Gasteiger partial charge is 0.489 e. The van der Waals surface area contributed by atoms with Gasteiger partial charge in [-0.15, -0.1) is 0 Å². The molecule has 2 aromatic carbocycles. The second kappa shape index (κ2) is 11.5. The minimum absolute atomic E-state index is 0.00152. The summed E-state index contributed by atoms with van der Waals surface area (Å²) >= 11 is 0. The van der Waals surface area contributed by atoms with Gasteiger partial charge in [0.15, 0.2) is 8.32 Å². The van der Waals surface area contributed by atoms with Crippen LogP contribution < -0.4 is 15.4 Å². The van der Waals surface area contributed by atoms with E-state index in [1.54, 1.807) is 12.1 Å². The molecule has 42 heavy (non-hydrogen) atoms. The molecule has 1 aromatic heterocycles. The summed E-state index contributed by atoms with van der Waals surface area (Å²) in [5, 5.41) is 25.4. The molecule has 0 spiro atoms. The Hall–Kier alpha value is -3.66. The van der Waals surface area contributed by atoms with Gasteiger partial charge in [-0.3, -0.25) is 0 Å². The van der Waals surface area contributed by atoms with Gasteiger partial charge in [-0.2, -0.15) is 18.4 Å². The first-order valence-corrected chi connectivity index (χ1v) is 16.5. The van der Waals surface area contributed by atoms with Crippen LogP contribution in [0.1, 0.15) is 44.4 Å². The Balaban J connectivity index is 1.69. The number of nitrogens with zero attached hydrogens (tertiary/aromatic N) is 3. The molecule has 1 aliphatic rings. The van der Waals surface area contributed by atoms with Gasteiger partial charge in [-0.1, -0.05) is 27.7 Å². The Bertz CT molecular complexity index is 1500. The quantitative estimate of drug-likeness (QED) is 0.229. The minimum Gasteiger partial charge on any atom is -0.489 e. The lowest BCUT2D eigenvalue weighted by molar-refractivity contribution is -0.137. The van der Waals surface area contributed by atoms with Gasteiger partial charge in [0.05, 0.1) is 34.8 Å². The van der Waals surface area contributed by atoms with Crippen LogP contribution in [0.25, 0.3) is 11.3 Å². The number of halogens is 3. The number of alkyl halides is 3. The molecule has 3 N–H and O–H groups in total. The number of benzene rings is 2. The number of fused-ring (bicyclic) bond motifs is 1. The molecule has 0 saturated heterocycles. The number of hydrogen-bond acceptors (Lipinski definition) is 8. The standard InChI is InChI=1S/C30H36F3N5O3Si/c1-28(2,3)42(5,6)41-18-29(4)17-36-26-20(16-34)13-19(14-22(26)29)23-9-10-35-27(37-23)38-24-15-21(30(31,32)33)7-8-25(24)40-12-11-39/h7-10,13-15,36,39H,11-12,17-18H2,1-6H3,(H,35,37,38). The van der Waals surface area contributed by atoms with Crippen molar-refractivity contribution in [2.24, 2.45) is 0 Å². The third kappa shape index (κ3) is 6.53. The van der Waals surface area contributed by atoms with Crippen LogP contribution in [0.2, 0.25) is 18.1 Å². The number of aliphatic hydroxyl groups excluding tert-OH is 1. The average Bonchev–Trinajstić information content (AvgIpc) is 3.26. The van der Waals surface area contributed by atoms with Crippen molar-refractivity contribution in [3.8, 4) is 23.1 Å². The zero-order valence-electron chi connectivity index (χ0n) is 24.6. The SMILES string of the molecule is CC1(CO[Si](C)(C)C(C)(C)C)CNc2c(C#N)cc(-c3ccnc(Nc4cc(C(F)(F)F)ccc4OCCO)n3)cc21. The van der Waals surface area contributed by atoms with Crippen LogP contribution in [0, 0.1) is 11.3 Å². The maximum atomic E-state index is 13.4. The lowest BCUT2D eigenvalue weighted by Gasteiger charge is -2.39. The summed E-state index contributed by atoms with van der Waals surface area (Å²) in [4.78, 5) is 8.75. The minimum atomic E-state index is -4.57. The highest BCUT2D eigenvalue weighted by atomic mass is 28.4. The van der Waals surface area contributed by atoms with Crippen LogP contribution in [0.4, 0.5) is 30.5 Å². The van der Waals surface area contributed by atoms with E-state index in [0.717, 1.165) is 23.4 Å². The predicted molar refractivity (Wildman–Crippen MR) is 158 cm³/mol. The lowest BCUT2D eigenvalue weighted by atomic mass is 9.83. The Labute approximate surface area is 245 Å². The number of ether oxygens (including phenoxy) is 1. The maximum absolute atomic E-state index is 13.4. The summed E-state index contributed by atoms with van der Waals surface area (Å²) in [6.45, 7) is 13.8. The van der Waals surface area contributed by atoms with Gasteiger partial charge in [0.25, 0.3) is 0 Å². The van der Waals surface area contributed by atoms with E-state index in [2.05, 4.69) is 67.5 Å². The molecule has 0 bridgehead atoms. The fourth-order valence-electron chi connectivity index (χ4n) is 4.39. The first-order chi connectivity index (χ1) is 19.6. The molecule has 1 unspecified atom stereocenters. The van der Waals surface area contributed by atoms with E-state index >= 15 is 0 Å². The molecule has 224 valence electrons. The van der Waals surface area contributed by atoms with Crippen molar-refractivity contribution in [2.75, 3.05) is 37.0 Å². The molecule has 0 fully saturated rings. The topological polar surface area (TPSA) is 112 Å². The normalized spacial score (nSPS) is 16.9. The van der Waals surface area contributed by atoms with Gasteiger partial charge in [-0.25, -0.2) is 9.97 Å². The summed E-state index contributed by atoms with van der Waals surface area (Å²) < 4.78 is 52.3. The van der Waals surface area contributed by atoms with Crippen molar-refractivity contribution in [2.45, 2.75) is 57.4 Å². The van der Waals surface area contributed by atoms with E-state index in [-0.39, 0.29) is 35.6 Å². The summed E-state index contributed by atoms with van der Waals surface area (Å²) in [5.74, 6) is 0.153. The Morgan fingerprint density at radius 1 is 1.17 bits per heavy atom. The number of nitriles is 1. The fourth-order valence-corrected chi connectivity index (χ4v) is 5.51. The van der Waals surface area contributed by atoms with Gasteiger partial charge < -0.3 is 24.9 Å². The number of hydrogen-bond donors (Lipinski definition) is 3. The number of anilines is 3. The average molecular weight is 600 g/mol. The molecular weight excluding hydrogens is 563 g/mol. The molecule has 12 heteroatoms. The zero-order chi connectivity index (χ0) is 30.9. The summed E-state index contributed by atoms with van der Waals surface area (Å²) in [7, 11) is -2.03. The molecule has 0 amide bonds. The monoisotopic (exact) mass is 599 g/mol. The van der Waals surface area contributed by atoms with E-state index in [1.165, 1.54) is 12.3 Å². The van der Waals surface area contributed by atoms with Crippen molar-refractivity contribution in [3.63, 3.8) is 0 Å². The summed E-state index contributed by atoms with van der Waals surface area (Å²) in [5.41, 5.74) is 2.06. The molecule has 1 aliphatic heterocycles. The number of aliphatic hydroxyl groups is 1. The Kier molecular flexibility index (Phi) is 8.60. The van der Waals surface area contributed by atoms with Crippen molar-refractivity contribution in [1.82, 2.24) is 9.97 Å². The summed E-state index contributed by atoms with van der Waals surface area (Å²) in [6.07, 6.45) is -3.08. The molecule has 0 radical (unpaired) electrons. The van der Waals surface area contributed by atoms with Gasteiger partial charge in [-0.05, 0) is 60.1 Å². The highest BCUT2D eigenvalue weighted by Crippen LogP contribution is 2.44. The molecule has 2 heterocycles. The predicted octanol–water partition coefficient (Wildman–Crippen LogP) is 6.85. The van der Waals surface area contributed by atoms with E-state index in [0.29, 0.717) is 30.0 Å². The third-order valence-corrected chi connectivity index (χ3v) is 12.5. The molecule has 4 rings (SSSR count). The number of rotatable bonds is 9. The van der Waals surface area contributed by atoms with Gasteiger partial charge >= 0.3 is 6.18 Å². The van der Waals surface area contributed by atoms with Gasteiger partial charge in [0.1, 0.15) is 18.4 Å². The molecule has 3 aromatic rings. The van der Waals surface area contributed by atoms with E-state index in [9.17, 15) is 18.4 Å². The molecule has 8 nitrogen and oxygen atoms in total. The molecular formula is C30H36F3N5O3Si. The van der Waals surface area contributed by atoms with Gasteiger partial charge in [0.2, 0.25) is 5.95 Å². The highest BCUT2D eigenvalue weighted by Gasteiger charge is 2.42. The Morgan fingerprint density at radius 2 is 1.90 bits per heavy atom. The van der Waals surface area contributed by atoms with Crippen molar-refractivity contribution in [1.29, 1.82) is 5.26 Å². The first kappa shape index (κ1) is 31.3. The maximum Gasteiger partial charge on any atom is 0.416 e. The van der Waals surface area contributed by atoms with Crippen LogP contribution in [0.15, 0.2) is 42.6 Å². The lowest BCUT2D eigenvalue weighted by Crippen LogP contribution is -2.45. The molecule has 0 aliphatic carbocycles. The van der Waals surface area contributed by atoms with E-state index in [4.69, 9.17) is 14.3 Å². The second-order valence-corrected chi connectivity index (χ2v) is 17.0. The third-order valence-electron chi connectivity index (χ3n) is 7.98.